The number of rotatable bonds is 2. The Morgan fingerprint density at radius 2 is 1.83 bits per heavy atom. The van der Waals surface area contributed by atoms with Crippen LogP contribution < -0.4 is 4.90 Å². The van der Waals surface area contributed by atoms with Crippen molar-refractivity contribution in [3.8, 4) is 6.07 Å². The highest BCUT2D eigenvalue weighted by Gasteiger charge is 2.13. The van der Waals surface area contributed by atoms with Crippen molar-refractivity contribution in [3.05, 3.63) is 65.7 Å². The van der Waals surface area contributed by atoms with Gasteiger partial charge in [-0.1, -0.05) is 24.3 Å². The summed E-state index contributed by atoms with van der Waals surface area (Å²) >= 11 is 0. The van der Waals surface area contributed by atoms with E-state index >= 15 is 0 Å². The van der Waals surface area contributed by atoms with Crippen LogP contribution in [-0.4, -0.2) is 13.0 Å². The molecule has 0 radical (unpaired) electrons. The van der Waals surface area contributed by atoms with Gasteiger partial charge in [-0.15, -0.1) is 0 Å². The van der Waals surface area contributed by atoms with E-state index in [1.54, 1.807) is 36.2 Å². The second-order valence-electron chi connectivity index (χ2n) is 3.89. The van der Waals surface area contributed by atoms with Crippen molar-refractivity contribution in [3.63, 3.8) is 0 Å². The second kappa shape index (κ2) is 5.15. The molecule has 3 nitrogen and oxygen atoms in total. The van der Waals surface area contributed by atoms with Crippen molar-refractivity contribution >= 4 is 11.6 Å². The summed E-state index contributed by atoms with van der Waals surface area (Å²) < 4.78 is 0. The molecule has 2 rings (SSSR count). The van der Waals surface area contributed by atoms with Gasteiger partial charge in [-0.05, 0) is 30.3 Å². The van der Waals surface area contributed by atoms with Crippen molar-refractivity contribution in [2.45, 2.75) is 0 Å². The van der Waals surface area contributed by atoms with E-state index in [0.29, 0.717) is 11.1 Å². The highest BCUT2D eigenvalue weighted by Crippen LogP contribution is 2.15. The molecule has 0 aliphatic carbocycles. The molecule has 0 N–H and O–H groups in total. The molecule has 0 aliphatic heterocycles. The van der Waals surface area contributed by atoms with Crippen LogP contribution in [0.3, 0.4) is 0 Å². The lowest BCUT2D eigenvalue weighted by molar-refractivity contribution is 0.0993. The first-order chi connectivity index (χ1) is 8.72. The summed E-state index contributed by atoms with van der Waals surface area (Å²) in [6.45, 7) is 0. The van der Waals surface area contributed by atoms with Gasteiger partial charge in [0.1, 0.15) is 0 Å². The number of carbonyl (C=O) groups is 1. The first-order valence-corrected chi connectivity index (χ1v) is 5.55. The molecule has 1 amide bonds. The Bertz CT molecular complexity index is 599. The summed E-state index contributed by atoms with van der Waals surface area (Å²) in [7, 11) is 1.72. The molecule has 0 atom stereocenters. The fourth-order valence-electron chi connectivity index (χ4n) is 1.68. The van der Waals surface area contributed by atoms with E-state index < -0.39 is 0 Å². The van der Waals surface area contributed by atoms with Crippen molar-refractivity contribution < 1.29 is 4.79 Å². The molecule has 2 aromatic carbocycles. The maximum absolute atomic E-state index is 12.2. The Morgan fingerprint density at radius 1 is 1.11 bits per heavy atom. The van der Waals surface area contributed by atoms with Gasteiger partial charge in [0.2, 0.25) is 0 Å². The average molecular weight is 236 g/mol. The standard InChI is InChI=1S/C15H12N2O/c1-17(14-8-3-2-4-9-14)15(18)13-7-5-6-12(10-13)11-16/h2-10H,1H3. The number of hydrogen-bond donors (Lipinski definition) is 0. The molecule has 2 aromatic rings. The zero-order valence-electron chi connectivity index (χ0n) is 10.00. The van der Waals surface area contributed by atoms with Crippen molar-refractivity contribution in [1.82, 2.24) is 0 Å². The van der Waals surface area contributed by atoms with Crippen LogP contribution in [0.5, 0.6) is 0 Å². The van der Waals surface area contributed by atoms with Crippen LogP contribution in [0.1, 0.15) is 15.9 Å². The van der Waals surface area contributed by atoms with E-state index in [4.69, 9.17) is 5.26 Å². The third-order valence-corrected chi connectivity index (χ3v) is 2.69. The third-order valence-electron chi connectivity index (χ3n) is 2.69. The van der Waals surface area contributed by atoms with E-state index in [2.05, 4.69) is 0 Å². The van der Waals surface area contributed by atoms with E-state index in [-0.39, 0.29) is 5.91 Å². The highest BCUT2D eigenvalue weighted by molar-refractivity contribution is 6.05. The third kappa shape index (κ3) is 2.38. The van der Waals surface area contributed by atoms with Crippen LogP contribution in [0, 0.1) is 11.3 Å². The number of carbonyl (C=O) groups excluding carboxylic acids is 1. The molecule has 0 saturated heterocycles. The number of hydrogen-bond acceptors (Lipinski definition) is 2. The minimum Gasteiger partial charge on any atom is -0.311 e. The van der Waals surface area contributed by atoms with E-state index in [1.165, 1.54) is 0 Å². The summed E-state index contributed by atoms with van der Waals surface area (Å²) in [5.74, 6) is -0.127. The van der Waals surface area contributed by atoms with Gasteiger partial charge >= 0.3 is 0 Å². The molecule has 0 heterocycles. The van der Waals surface area contributed by atoms with Crippen molar-refractivity contribution in [1.29, 1.82) is 5.26 Å². The maximum atomic E-state index is 12.2. The SMILES string of the molecule is CN(C(=O)c1cccc(C#N)c1)c1ccccc1. The van der Waals surface area contributed by atoms with Crippen molar-refractivity contribution in [2.75, 3.05) is 11.9 Å². The van der Waals surface area contributed by atoms with Gasteiger partial charge in [0, 0.05) is 18.3 Å². The number of para-hydroxylation sites is 1. The fraction of sp³-hybridized carbons (Fsp3) is 0.0667. The van der Waals surface area contributed by atoms with Crippen LogP contribution in [-0.2, 0) is 0 Å². The number of nitriles is 1. The lowest BCUT2D eigenvalue weighted by atomic mass is 10.1. The van der Waals surface area contributed by atoms with Gasteiger partial charge in [-0.3, -0.25) is 4.79 Å². The minimum atomic E-state index is -0.127. The average Bonchev–Trinajstić information content (AvgIpc) is 2.46. The summed E-state index contributed by atoms with van der Waals surface area (Å²) in [4.78, 5) is 13.8. The molecule has 0 aliphatic rings. The van der Waals surface area contributed by atoms with Gasteiger partial charge in [-0.25, -0.2) is 0 Å². The molecule has 0 aromatic heterocycles. The summed E-state index contributed by atoms with van der Waals surface area (Å²) in [6, 6.07) is 18.1. The fourth-order valence-corrected chi connectivity index (χ4v) is 1.68. The topological polar surface area (TPSA) is 44.1 Å². The van der Waals surface area contributed by atoms with Crippen LogP contribution in [0.15, 0.2) is 54.6 Å². The quantitative estimate of drug-likeness (QED) is 0.804. The van der Waals surface area contributed by atoms with Gasteiger partial charge in [-0.2, -0.15) is 5.26 Å². The smallest absolute Gasteiger partial charge is 0.258 e. The Balaban J connectivity index is 2.29. The lowest BCUT2D eigenvalue weighted by Gasteiger charge is -2.17. The number of amides is 1. The summed E-state index contributed by atoms with van der Waals surface area (Å²) in [5, 5.41) is 8.82. The molecule has 88 valence electrons. The second-order valence-corrected chi connectivity index (χ2v) is 3.89. The largest absolute Gasteiger partial charge is 0.311 e. The highest BCUT2D eigenvalue weighted by atomic mass is 16.2. The zero-order valence-corrected chi connectivity index (χ0v) is 10.00. The molecule has 0 fully saturated rings. The van der Waals surface area contributed by atoms with Gasteiger partial charge in [0.25, 0.3) is 5.91 Å². The molecule has 0 bridgehead atoms. The van der Waals surface area contributed by atoms with Crippen LogP contribution in [0.25, 0.3) is 0 Å². The Hall–Kier alpha value is -2.60. The number of benzene rings is 2. The Morgan fingerprint density at radius 3 is 2.50 bits per heavy atom. The van der Waals surface area contributed by atoms with Gasteiger partial charge < -0.3 is 4.90 Å². The maximum Gasteiger partial charge on any atom is 0.258 e. The molecule has 18 heavy (non-hydrogen) atoms. The molecule has 3 heteroatoms. The molecular formula is C15H12N2O. The minimum absolute atomic E-state index is 0.127. The van der Waals surface area contributed by atoms with E-state index in [9.17, 15) is 4.79 Å². The monoisotopic (exact) mass is 236 g/mol. The first-order valence-electron chi connectivity index (χ1n) is 5.55. The summed E-state index contributed by atoms with van der Waals surface area (Å²) in [6.07, 6.45) is 0. The molecule has 0 saturated carbocycles. The van der Waals surface area contributed by atoms with E-state index in [1.807, 2.05) is 36.4 Å². The normalized spacial score (nSPS) is 9.56. The Labute approximate surface area is 106 Å². The lowest BCUT2D eigenvalue weighted by Crippen LogP contribution is -2.26. The van der Waals surface area contributed by atoms with E-state index in [0.717, 1.165) is 5.69 Å². The van der Waals surface area contributed by atoms with Crippen LogP contribution in [0.4, 0.5) is 5.69 Å². The van der Waals surface area contributed by atoms with Crippen LogP contribution >= 0.6 is 0 Å². The number of nitrogens with zero attached hydrogens (tertiary/aromatic N) is 2. The van der Waals surface area contributed by atoms with Crippen molar-refractivity contribution in [2.24, 2.45) is 0 Å². The predicted molar refractivity (Wildman–Crippen MR) is 70.3 cm³/mol. The van der Waals surface area contributed by atoms with Gasteiger partial charge in [0.15, 0.2) is 0 Å². The molecular weight excluding hydrogens is 224 g/mol. The van der Waals surface area contributed by atoms with Crippen LogP contribution in [0.2, 0.25) is 0 Å². The number of anilines is 1. The Kier molecular flexibility index (Phi) is 3.40. The summed E-state index contributed by atoms with van der Waals surface area (Å²) in [5.41, 5.74) is 1.83. The molecule has 0 spiro atoms. The first kappa shape index (κ1) is 11.9. The molecule has 0 unspecified atom stereocenters. The predicted octanol–water partition coefficient (Wildman–Crippen LogP) is 2.83. The van der Waals surface area contributed by atoms with Gasteiger partial charge in [0.05, 0.1) is 11.6 Å². The zero-order chi connectivity index (χ0) is 13.0.